The van der Waals surface area contributed by atoms with Crippen molar-refractivity contribution in [2.24, 2.45) is 16.8 Å². The second-order valence-corrected chi connectivity index (χ2v) is 6.92. The van der Waals surface area contributed by atoms with E-state index in [2.05, 4.69) is 22.9 Å². The van der Waals surface area contributed by atoms with Crippen LogP contribution in [0.25, 0.3) is 0 Å². The Labute approximate surface area is 141 Å². The first kappa shape index (κ1) is 18.1. The molecule has 0 aromatic rings. The van der Waals surface area contributed by atoms with Crippen molar-refractivity contribution in [3.05, 3.63) is 0 Å². The number of rotatable bonds is 7. The standard InChI is InChI=1S/C18H34N4O/c1-2-19-18(21-13-12-20-17(23)16-10-11-16)22-14-15-8-6-4-3-5-7-9-15/h15-16H,2-14H2,1H3,(H,20,23)(H2,19,21,22). The van der Waals surface area contributed by atoms with Crippen molar-refractivity contribution >= 4 is 11.9 Å². The molecular formula is C18H34N4O. The highest BCUT2D eigenvalue weighted by atomic mass is 16.2. The van der Waals surface area contributed by atoms with Crippen molar-refractivity contribution < 1.29 is 4.79 Å². The number of amides is 1. The predicted molar refractivity (Wildman–Crippen MR) is 95.5 cm³/mol. The van der Waals surface area contributed by atoms with Crippen LogP contribution in [0, 0.1) is 11.8 Å². The lowest BCUT2D eigenvalue weighted by molar-refractivity contribution is -0.122. The van der Waals surface area contributed by atoms with Crippen LogP contribution in [0.3, 0.4) is 0 Å². The van der Waals surface area contributed by atoms with Gasteiger partial charge in [-0.1, -0.05) is 32.1 Å². The Balaban J connectivity index is 1.66. The van der Waals surface area contributed by atoms with E-state index in [1.54, 1.807) is 0 Å². The molecule has 23 heavy (non-hydrogen) atoms. The minimum absolute atomic E-state index is 0.211. The zero-order chi connectivity index (χ0) is 16.3. The van der Waals surface area contributed by atoms with Gasteiger partial charge in [-0.2, -0.15) is 0 Å². The topological polar surface area (TPSA) is 65.5 Å². The molecule has 0 heterocycles. The summed E-state index contributed by atoms with van der Waals surface area (Å²) in [6.07, 6.45) is 11.7. The molecule has 0 radical (unpaired) electrons. The summed E-state index contributed by atoms with van der Waals surface area (Å²) in [6.45, 7) is 5.27. The lowest BCUT2D eigenvalue weighted by Crippen LogP contribution is -2.42. The van der Waals surface area contributed by atoms with Gasteiger partial charge in [-0.25, -0.2) is 0 Å². The maximum atomic E-state index is 11.6. The number of guanidine groups is 1. The van der Waals surface area contributed by atoms with E-state index in [0.29, 0.717) is 6.54 Å². The Hall–Kier alpha value is -1.26. The number of carbonyl (C=O) groups is 1. The highest BCUT2D eigenvalue weighted by molar-refractivity contribution is 5.81. The lowest BCUT2D eigenvalue weighted by atomic mass is 9.91. The summed E-state index contributed by atoms with van der Waals surface area (Å²) in [7, 11) is 0. The Bertz CT molecular complexity index is 371. The molecule has 2 rings (SSSR count). The molecule has 0 aromatic heterocycles. The smallest absolute Gasteiger partial charge is 0.223 e. The second kappa shape index (κ2) is 10.5. The molecule has 0 spiro atoms. The van der Waals surface area contributed by atoms with E-state index in [9.17, 15) is 4.79 Å². The number of nitrogens with one attached hydrogen (secondary N) is 3. The molecule has 3 N–H and O–H groups in total. The van der Waals surface area contributed by atoms with Crippen LogP contribution in [0.4, 0.5) is 0 Å². The first-order chi connectivity index (χ1) is 11.3. The molecule has 0 unspecified atom stereocenters. The molecule has 0 bridgehead atoms. The fourth-order valence-electron chi connectivity index (χ4n) is 3.14. The van der Waals surface area contributed by atoms with E-state index >= 15 is 0 Å². The maximum Gasteiger partial charge on any atom is 0.223 e. The van der Waals surface area contributed by atoms with E-state index in [1.165, 1.54) is 44.9 Å². The summed E-state index contributed by atoms with van der Waals surface area (Å²) in [5.41, 5.74) is 0. The molecule has 2 fully saturated rings. The van der Waals surface area contributed by atoms with Crippen molar-refractivity contribution in [2.75, 3.05) is 26.2 Å². The Morgan fingerprint density at radius 1 is 0.913 bits per heavy atom. The SMILES string of the molecule is CCNC(=NCC1CCCCCCC1)NCCNC(=O)C1CC1. The van der Waals surface area contributed by atoms with Gasteiger partial charge in [0.2, 0.25) is 5.91 Å². The average Bonchev–Trinajstić information content (AvgIpc) is 3.34. The van der Waals surface area contributed by atoms with Crippen LogP contribution >= 0.6 is 0 Å². The third-order valence-corrected chi connectivity index (χ3v) is 4.74. The van der Waals surface area contributed by atoms with Crippen LogP contribution in [0.1, 0.15) is 64.7 Å². The molecule has 5 heteroatoms. The first-order valence-electron chi connectivity index (χ1n) is 9.59. The normalized spacial score (nSPS) is 20.5. The quantitative estimate of drug-likeness (QED) is 0.383. The number of hydrogen-bond acceptors (Lipinski definition) is 2. The molecule has 1 amide bonds. The van der Waals surface area contributed by atoms with Gasteiger partial charge < -0.3 is 16.0 Å². The minimum Gasteiger partial charge on any atom is -0.357 e. The van der Waals surface area contributed by atoms with Crippen molar-refractivity contribution in [1.82, 2.24) is 16.0 Å². The van der Waals surface area contributed by atoms with Crippen LogP contribution in [-0.4, -0.2) is 38.0 Å². The molecule has 5 nitrogen and oxygen atoms in total. The minimum atomic E-state index is 0.211. The van der Waals surface area contributed by atoms with E-state index in [1.807, 2.05) is 0 Å². The second-order valence-electron chi connectivity index (χ2n) is 6.92. The monoisotopic (exact) mass is 322 g/mol. The molecule has 0 atom stereocenters. The molecule has 0 saturated heterocycles. The summed E-state index contributed by atoms with van der Waals surface area (Å²) in [5, 5.41) is 9.61. The van der Waals surface area contributed by atoms with Crippen molar-refractivity contribution in [3.63, 3.8) is 0 Å². The molecule has 132 valence electrons. The van der Waals surface area contributed by atoms with E-state index < -0.39 is 0 Å². The highest BCUT2D eigenvalue weighted by Gasteiger charge is 2.28. The Kier molecular flexibility index (Phi) is 8.26. The molecule has 0 aromatic carbocycles. The van der Waals surface area contributed by atoms with Gasteiger partial charge in [0.05, 0.1) is 0 Å². The van der Waals surface area contributed by atoms with Crippen molar-refractivity contribution in [2.45, 2.75) is 64.7 Å². The van der Waals surface area contributed by atoms with Gasteiger partial charge in [-0.3, -0.25) is 9.79 Å². The predicted octanol–water partition coefficient (Wildman–Crippen LogP) is 2.43. The van der Waals surface area contributed by atoms with Crippen LogP contribution in [-0.2, 0) is 4.79 Å². The Morgan fingerprint density at radius 2 is 1.57 bits per heavy atom. The molecule has 2 aliphatic rings. The zero-order valence-corrected chi connectivity index (χ0v) is 14.7. The van der Waals surface area contributed by atoms with Gasteiger partial charge in [0, 0.05) is 32.1 Å². The fourth-order valence-corrected chi connectivity index (χ4v) is 3.14. The fraction of sp³-hybridized carbons (Fsp3) is 0.889. The summed E-state index contributed by atoms with van der Waals surface area (Å²) >= 11 is 0. The van der Waals surface area contributed by atoms with Gasteiger partial charge >= 0.3 is 0 Å². The number of carbonyl (C=O) groups excluding carboxylic acids is 1. The van der Waals surface area contributed by atoms with Crippen molar-refractivity contribution in [3.8, 4) is 0 Å². The summed E-state index contributed by atoms with van der Waals surface area (Å²) in [6, 6.07) is 0. The number of hydrogen-bond donors (Lipinski definition) is 3. The van der Waals surface area contributed by atoms with Gasteiger partial charge in [0.1, 0.15) is 0 Å². The van der Waals surface area contributed by atoms with Crippen LogP contribution in [0.15, 0.2) is 4.99 Å². The average molecular weight is 322 g/mol. The summed E-state index contributed by atoms with van der Waals surface area (Å²) in [4.78, 5) is 16.3. The highest BCUT2D eigenvalue weighted by Crippen LogP contribution is 2.28. The molecule has 2 aliphatic carbocycles. The number of nitrogens with zero attached hydrogens (tertiary/aromatic N) is 1. The Morgan fingerprint density at radius 3 is 2.22 bits per heavy atom. The maximum absolute atomic E-state index is 11.6. The van der Waals surface area contributed by atoms with Gasteiger partial charge in [-0.15, -0.1) is 0 Å². The van der Waals surface area contributed by atoms with Crippen molar-refractivity contribution in [1.29, 1.82) is 0 Å². The van der Waals surface area contributed by atoms with Gasteiger partial charge in [0.25, 0.3) is 0 Å². The third-order valence-electron chi connectivity index (χ3n) is 4.74. The van der Waals surface area contributed by atoms with Gasteiger partial charge in [-0.05, 0) is 38.5 Å². The molecular weight excluding hydrogens is 288 g/mol. The van der Waals surface area contributed by atoms with E-state index in [0.717, 1.165) is 44.4 Å². The third kappa shape index (κ3) is 7.71. The lowest BCUT2D eigenvalue weighted by Gasteiger charge is -2.19. The van der Waals surface area contributed by atoms with E-state index in [-0.39, 0.29) is 11.8 Å². The van der Waals surface area contributed by atoms with E-state index in [4.69, 9.17) is 4.99 Å². The largest absolute Gasteiger partial charge is 0.357 e. The summed E-state index contributed by atoms with van der Waals surface area (Å²) < 4.78 is 0. The van der Waals surface area contributed by atoms with Crippen LogP contribution < -0.4 is 16.0 Å². The van der Waals surface area contributed by atoms with Crippen LogP contribution in [0.2, 0.25) is 0 Å². The molecule has 2 saturated carbocycles. The zero-order valence-electron chi connectivity index (χ0n) is 14.7. The van der Waals surface area contributed by atoms with Gasteiger partial charge in [0.15, 0.2) is 5.96 Å². The molecule has 0 aliphatic heterocycles. The van der Waals surface area contributed by atoms with Crippen LogP contribution in [0.5, 0.6) is 0 Å². The summed E-state index contributed by atoms with van der Waals surface area (Å²) in [5.74, 6) is 2.12. The number of aliphatic imine (C=N–C) groups is 1. The first-order valence-corrected chi connectivity index (χ1v) is 9.59.